The van der Waals surface area contributed by atoms with Crippen LogP contribution in [-0.2, 0) is 4.84 Å². The number of aromatic nitrogens is 1. The molecule has 0 saturated carbocycles. The van der Waals surface area contributed by atoms with Gasteiger partial charge in [-0.1, -0.05) is 36.4 Å². The average Bonchev–Trinajstić information content (AvgIpc) is 2.49. The molecule has 0 aliphatic rings. The van der Waals surface area contributed by atoms with Crippen molar-refractivity contribution in [1.82, 2.24) is 10.5 Å². The van der Waals surface area contributed by atoms with Gasteiger partial charge in [-0.3, -0.25) is 4.84 Å². The minimum absolute atomic E-state index is 0.0689. The number of nitrogens with zero attached hydrogens (tertiary/aromatic N) is 1. The van der Waals surface area contributed by atoms with Crippen molar-refractivity contribution in [1.29, 1.82) is 0 Å². The topological polar surface area (TPSA) is 46.2 Å². The summed E-state index contributed by atoms with van der Waals surface area (Å²) >= 11 is 0. The van der Waals surface area contributed by atoms with Crippen molar-refractivity contribution in [3.63, 3.8) is 0 Å². The fourth-order valence-corrected chi connectivity index (χ4v) is 1.78. The maximum absolute atomic E-state index is 5.77. The predicted molar refractivity (Wildman–Crippen MR) is 81.3 cm³/mol. The summed E-state index contributed by atoms with van der Waals surface area (Å²) in [5, 5.41) is 3.29. The molecule has 0 radical (unpaired) electrons. The third-order valence-electron chi connectivity index (χ3n) is 2.75. The highest BCUT2D eigenvalue weighted by atomic mass is 16.7. The molecule has 2 rings (SSSR count). The lowest BCUT2D eigenvalue weighted by Gasteiger charge is -2.20. The molecule has 0 saturated heterocycles. The van der Waals surface area contributed by atoms with Gasteiger partial charge in [0.15, 0.2) is 0 Å². The fraction of sp³-hybridized carbons (Fsp3) is 0.312. The van der Waals surface area contributed by atoms with Gasteiger partial charge in [-0.25, -0.2) is 4.98 Å². The quantitative estimate of drug-likeness (QED) is 0.759. The SMILES string of the molecule is CC(C)NOC(CNc1ccccn1)c1ccccc1. The average molecular weight is 271 g/mol. The van der Waals surface area contributed by atoms with Crippen LogP contribution in [0.2, 0.25) is 0 Å². The Morgan fingerprint density at radius 3 is 2.45 bits per heavy atom. The van der Waals surface area contributed by atoms with Crippen molar-refractivity contribution in [3.05, 3.63) is 60.3 Å². The van der Waals surface area contributed by atoms with E-state index in [9.17, 15) is 0 Å². The van der Waals surface area contributed by atoms with Gasteiger partial charge in [0.1, 0.15) is 11.9 Å². The molecule has 0 amide bonds. The fourth-order valence-electron chi connectivity index (χ4n) is 1.78. The van der Waals surface area contributed by atoms with Crippen molar-refractivity contribution < 1.29 is 4.84 Å². The Morgan fingerprint density at radius 1 is 1.05 bits per heavy atom. The Morgan fingerprint density at radius 2 is 1.80 bits per heavy atom. The number of nitrogens with one attached hydrogen (secondary N) is 2. The maximum atomic E-state index is 5.77. The maximum Gasteiger partial charge on any atom is 0.125 e. The Kier molecular flexibility index (Phi) is 5.53. The zero-order valence-electron chi connectivity index (χ0n) is 11.9. The van der Waals surface area contributed by atoms with Gasteiger partial charge in [-0.05, 0) is 31.5 Å². The highest BCUT2D eigenvalue weighted by Crippen LogP contribution is 2.17. The van der Waals surface area contributed by atoms with E-state index in [1.807, 2.05) is 50.2 Å². The summed E-state index contributed by atoms with van der Waals surface area (Å²) in [5.41, 5.74) is 4.15. The third kappa shape index (κ3) is 4.64. The molecule has 4 nitrogen and oxygen atoms in total. The lowest BCUT2D eigenvalue weighted by atomic mass is 10.1. The first-order valence-corrected chi connectivity index (χ1v) is 6.86. The second-order valence-corrected chi connectivity index (χ2v) is 4.89. The molecule has 1 unspecified atom stereocenters. The summed E-state index contributed by atoms with van der Waals surface area (Å²) in [6.07, 6.45) is 1.70. The number of hydroxylamine groups is 1. The number of benzene rings is 1. The van der Waals surface area contributed by atoms with E-state index in [4.69, 9.17) is 4.84 Å². The van der Waals surface area contributed by atoms with Crippen LogP contribution in [0, 0.1) is 0 Å². The summed E-state index contributed by atoms with van der Waals surface area (Å²) in [5.74, 6) is 0.849. The van der Waals surface area contributed by atoms with E-state index in [2.05, 4.69) is 27.9 Å². The first kappa shape index (κ1) is 14.5. The summed E-state index contributed by atoms with van der Waals surface area (Å²) in [7, 11) is 0. The van der Waals surface area contributed by atoms with Crippen molar-refractivity contribution in [2.24, 2.45) is 0 Å². The molecule has 0 spiro atoms. The minimum Gasteiger partial charge on any atom is -0.367 e. The number of rotatable bonds is 7. The second kappa shape index (κ2) is 7.62. The first-order valence-electron chi connectivity index (χ1n) is 6.86. The van der Waals surface area contributed by atoms with Crippen LogP contribution in [0.1, 0.15) is 25.5 Å². The molecule has 0 fully saturated rings. The van der Waals surface area contributed by atoms with Gasteiger partial charge in [0, 0.05) is 18.8 Å². The molecule has 106 valence electrons. The summed E-state index contributed by atoms with van der Waals surface area (Å²) in [6.45, 7) is 4.75. The Balaban J connectivity index is 1.99. The second-order valence-electron chi connectivity index (χ2n) is 4.89. The van der Waals surface area contributed by atoms with E-state index in [1.165, 1.54) is 0 Å². The Bertz CT molecular complexity index is 488. The van der Waals surface area contributed by atoms with Gasteiger partial charge in [-0.2, -0.15) is 5.48 Å². The van der Waals surface area contributed by atoms with Gasteiger partial charge in [0.05, 0.1) is 0 Å². The molecular weight excluding hydrogens is 250 g/mol. The van der Waals surface area contributed by atoms with Crippen molar-refractivity contribution in [2.45, 2.75) is 26.0 Å². The minimum atomic E-state index is -0.0689. The lowest BCUT2D eigenvalue weighted by Crippen LogP contribution is -2.28. The zero-order valence-corrected chi connectivity index (χ0v) is 11.9. The van der Waals surface area contributed by atoms with Gasteiger partial charge in [-0.15, -0.1) is 0 Å². The molecule has 1 atom stereocenters. The highest BCUT2D eigenvalue weighted by molar-refractivity contribution is 5.34. The van der Waals surface area contributed by atoms with Crippen LogP contribution < -0.4 is 10.8 Å². The van der Waals surface area contributed by atoms with E-state index in [1.54, 1.807) is 6.20 Å². The van der Waals surface area contributed by atoms with E-state index in [-0.39, 0.29) is 12.1 Å². The monoisotopic (exact) mass is 271 g/mol. The molecule has 0 aliphatic heterocycles. The normalized spacial score (nSPS) is 12.3. The number of pyridine rings is 1. The van der Waals surface area contributed by atoms with Crippen LogP contribution >= 0.6 is 0 Å². The van der Waals surface area contributed by atoms with Gasteiger partial charge in [0.2, 0.25) is 0 Å². The lowest BCUT2D eigenvalue weighted by molar-refractivity contribution is -0.0332. The molecule has 2 N–H and O–H groups in total. The Labute approximate surface area is 120 Å². The highest BCUT2D eigenvalue weighted by Gasteiger charge is 2.12. The molecule has 1 aromatic heterocycles. The van der Waals surface area contributed by atoms with E-state index in [0.717, 1.165) is 11.4 Å². The molecule has 0 bridgehead atoms. The number of anilines is 1. The van der Waals surface area contributed by atoms with E-state index >= 15 is 0 Å². The van der Waals surface area contributed by atoms with Gasteiger partial charge in [0.25, 0.3) is 0 Å². The van der Waals surface area contributed by atoms with Crippen LogP contribution in [0.3, 0.4) is 0 Å². The molecular formula is C16H21N3O. The predicted octanol–water partition coefficient (Wildman–Crippen LogP) is 3.16. The summed E-state index contributed by atoms with van der Waals surface area (Å²) in [4.78, 5) is 10.0. The van der Waals surface area contributed by atoms with Crippen molar-refractivity contribution in [2.75, 3.05) is 11.9 Å². The number of hydrogen-bond acceptors (Lipinski definition) is 4. The van der Waals surface area contributed by atoms with Crippen molar-refractivity contribution in [3.8, 4) is 0 Å². The standard InChI is InChI=1S/C16H21N3O/c1-13(2)19-20-15(14-8-4-3-5-9-14)12-18-16-10-6-7-11-17-16/h3-11,13,15,19H,12H2,1-2H3,(H,17,18). The third-order valence-corrected chi connectivity index (χ3v) is 2.75. The van der Waals surface area contributed by atoms with Gasteiger partial charge >= 0.3 is 0 Å². The van der Waals surface area contributed by atoms with Crippen LogP contribution in [0.25, 0.3) is 0 Å². The van der Waals surface area contributed by atoms with Gasteiger partial charge < -0.3 is 5.32 Å². The first-order chi connectivity index (χ1) is 9.75. The van der Waals surface area contributed by atoms with E-state index < -0.39 is 0 Å². The smallest absolute Gasteiger partial charge is 0.125 e. The molecule has 0 aliphatic carbocycles. The van der Waals surface area contributed by atoms with Crippen molar-refractivity contribution >= 4 is 5.82 Å². The van der Waals surface area contributed by atoms with E-state index in [0.29, 0.717) is 6.54 Å². The van der Waals surface area contributed by atoms with Crippen LogP contribution in [0.5, 0.6) is 0 Å². The number of hydrogen-bond donors (Lipinski definition) is 2. The molecule has 20 heavy (non-hydrogen) atoms. The largest absolute Gasteiger partial charge is 0.367 e. The van der Waals surface area contributed by atoms with Crippen LogP contribution in [0.15, 0.2) is 54.7 Å². The van der Waals surface area contributed by atoms with Crippen LogP contribution in [0.4, 0.5) is 5.82 Å². The van der Waals surface area contributed by atoms with Crippen LogP contribution in [-0.4, -0.2) is 17.6 Å². The molecule has 2 aromatic rings. The molecule has 4 heteroatoms. The summed E-state index contributed by atoms with van der Waals surface area (Å²) < 4.78 is 0. The molecule has 1 aromatic carbocycles. The zero-order chi connectivity index (χ0) is 14.2. The Hall–Kier alpha value is -1.91. The molecule has 1 heterocycles. The summed E-state index contributed by atoms with van der Waals surface area (Å²) in [6, 6.07) is 16.2.